The van der Waals surface area contributed by atoms with Crippen LogP contribution in [0.15, 0.2) is 29.3 Å². The summed E-state index contributed by atoms with van der Waals surface area (Å²) in [6, 6.07) is 4.16. The van der Waals surface area contributed by atoms with Gasteiger partial charge in [-0.3, -0.25) is 9.69 Å². The van der Waals surface area contributed by atoms with Gasteiger partial charge in [-0.05, 0) is 24.6 Å². The van der Waals surface area contributed by atoms with Crippen molar-refractivity contribution in [3.63, 3.8) is 0 Å². The summed E-state index contributed by atoms with van der Waals surface area (Å²) in [6.07, 6.45) is -4.39. The average molecular weight is 285 g/mol. The molecule has 0 radical (unpaired) electrons. The highest BCUT2D eigenvalue weighted by Crippen LogP contribution is 2.32. The van der Waals surface area contributed by atoms with E-state index >= 15 is 0 Å². The molecule has 108 valence electrons. The first kappa shape index (κ1) is 14.4. The first-order valence-corrected chi connectivity index (χ1v) is 6.00. The van der Waals surface area contributed by atoms with E-state index in [4.69, 9.17) is 5.73 Å². The van der Waals surface area contributed by atoms with Crippen LogP contribution in [-0.2, 0) is 11.0 Å². The highest BCUT2D eigenvalue weighted by Gasteiger charge is 2.36. The lowest BCUT2D eigenvalue weighted by atomic mass is 9.89. The van der Waals surface area contributed by atoms with Crippen molar-refractivity contribution in [2.45, 2.75) is 25.1 Å². The van der Waals surface area contributed by atoms with Gasteiger partial charge < -0.3 is 5.73 Å². The zero-order valence-corrected chi connectivity index (χ0v) is 11.0. The molecule has 4 nitrogen and oxygen atoms in total. The first-order valence-electron chi connectivity index (χ1n) is 6.00. The van der Waals surface area contributed by atoms with Gasteiger partial charge in [-0.1, -0.05) is 12.1 Å². The Morgan fingerprint density at radius 3 is 2.30 bits per heavy atom. The molecule has 1 aromatic carbocycles. The van der Waals surface area contributed by atoms with E-state index in [2.05, 4.69) is 4.99 Å². The fourth-order valence-electron chi connectivity index (χ4n) is 2.20. The van der Waals surface area contributed by atoms with Crippen LogP contribution in [-0.4, -0.2) is 29.9 Å². The SMILES string of the molecule is C[C@@H]1N=C(N)N(C)C(=O)[C@@H]1c1ccc(C(F)(F)F)cc1. The number of rotatable bonds is 1. The molecule has 0 bridgehead atoms. The van der Waals surface area contributed by atoms with E-state index in [1.165, 1.54) is 24.1 Å². The number of likely N-dealkylation sites (N-methyl/N-ethyl adjacent to an activating group) is 1. The molecule has 1 amide bonds. The Hall–Kier alpha value is -2.05. The third-order valence-corrected chi connectivity index (χ3v) is 3.36. The fourth-order valence-corrected chi connectivity index (χ4v) is 2.20. The molecule has 0 fully saturated rings. The van der Waals surface area contributed by atoms with Crippen LogP contribution in [0, 0.1) is 0 Å². The molecule has 0 spiro atoms. The summed E-state index contributed by atoms with van der Waals surface area (Å²) in [4.78, 5) is 17.5. The third kappa shape index (κ3) is 2.48. The topological polar surface area (TPSA) is 58.7 Å². The normalized spacial score (nSPS) is 23.8. The maximum atomic E-state index is 12.5. The number of guanidine groups is 1. The molecule has 1 aliphatic rings. The van der Waals surface area contributed by atoms with Gasteiger partial charge in [-0.15, -0.1) is 0 Å². The minimum atomic E-state index is -4.39. The zero-order chi connectivity index (χ0) is 15.1. The number of hydrogen-bond donors (Lipinski definition) is 1. The number of halogens is 3. The van der Waals surface area contributed by atoms with E-state index in [9.17, 15) is 18.0 Å². The Balaban J connectivity index is 2.34. The quantitative estimate of drug-likeness (QED) is 0.857. The predicted octanol–water partition coefficient (Wildman–Crippen LogP) is 1.96. The molecular weight excluding hydrogens is 271 g/mol. The van der Waals surface area contributed by atoms with Crippen LogP contribution >= 0.6 is 0 Å². The zero-order valence-electron chi connectivity index (χ0n) is 11.0. The van der Waals surface area contributed by atoms with Gasteiger partial charge in [-0.25, -0.2) is 4.99 Å². The van der Waals surface area contributed by atoms with E-state index in [1.54, 1.807) is 6.92 Å². The Bertz CT molecular complexity index is 551. The second-order valence-electron chi connectivity index (χ2n) is 4.72. The number of nitrogens with two attached hydrogens (primary N) is 1. The molecule has 2 atom stereocenters. The van der Waals surface area contributed by atoms with Gasteiger partial charge >= 0.3 is 6.18 Å². The highest BCUT2D eigenvalue weighted by atomic mass is 19.4. The van der Waals surface area contributed by atoms with Crippen molar-refractivity contribution in [1.29, 1.82) is 0 Å². The standard InChI is InChI=1S/C13H14F3N3O/c1-7-10(11(20)19(2)12(17)18-7)8-3-5-9(6-4-8)13(14,15)16/h3-7,10H,1-2H3,(H2,17,18)/t7-,10-/m0/s1. The predicted molar refractivity (Wildman–Crippen MR) is 68.0 cm³/mol. The van der Waals surface area contributed by atoms with Crippen molar-refractivity contribution in [3.05, 3.63) is 35.4 Å². The number of carbonyl (C=O) groups excluding carboxylic acids is 1. The van der Waals surface area contributed by atoms with Crippen molar-refractivity contribution in [3.8, 4) is 0 Å². The summed E-state index contributed by atoms with van der Waals surface area (Å²) in [7, 11) is 1.49. The van der Waals surface area contributed by atoms with Gasteiger partial charge in [0.15, 0.2) is 5.96 Å². The van der Waals surface area contributed by atoms with Gasteiger partial charge in [0.25, 0.3) is 0 Å². The maximum absolute atomic E-state index is 12.5. The van der Waals surface area contributed by atoms with Crippen LogP contribution in [0.5, 0.6) is 0 Å². The molecule has 7 heteroatoms. The molecule has 2 N–H and O–H groups in total. The summed E-state index contributed by atoms with van der Waals surface area (Å²) >= 11 is 0. The van der Waals surface area contributed by atoms with E-state index in [0.29, 0.717) is 5.56 Å². The van der Waals surface area contributed by atoms with Crippen LogP contribution in [0.3, 0.4) is 0 Å². The van der Waals surface area contributed by atoms with Crippen molar-refractivity contribution in [2.24, 2.45) is 10.7 Å². The van der Waals surface area contributed by atoms with E-state index in [0.717, 1.165) is 12.1 Å². The molecule has 1 aromatic rings. The van der Waals surface area contributed by atoms with Crippen LogP contribution in [0.1, 0.15) is 24.0 Å². The van der Waals surface area contributed by atoms with Crippen LogP contribution in [0.2, 0.25) is 0 Å². The van der Waals surface area contributed by atoms with Crippen LogP contribution in [0.25, 0.3) is 0 Å². The van der Waals surface area contributed by atoms with Gasteiger partial charge in [0.2, 0.25) is 5.91 Å². The third-order valence-electron chi connectivity index (χ3n) is 3.36. The van der Waals surface area contributed by atoms with E-state index < -0.39 is 23.7 Å². The van der Waals surface area contributed by atoms with Crippen molar-refractivity contribution in [2.75, 3.05) is 7.05 Å². The number of alkyl halides is 3. The molecule has 0 saturated heterocycles. The summed E-state index contributed by atoms with van der Waals surface area (Å²) in [6.45, 7) is 1.71. The fraction of sp³-hybridized carbons (Fsp3) is 0.385. The second kappa shape index (κ2) is 4.81. The molecular formula is C13H14F3N3O. The summed E-state index contributed by atoms with van der Waals surface area (Å²) in [5, 5.41) is 0. The maximum Gasteiger partial charge on any atom is 0.416 e. The Morgan fingerprint density at radius 1 is 1.25 bits per heavy atom. The monoisotopic (exact) mass is 285 g/mol. The smallest absolute Gasteiger partial charge is 0.369 e. The number of nitrogens with zero attached hydrogens (tertiary/aromatic N) is 2. The average Bonchev–Trinajstić information content (AvgIpc) is 2.36. The van der Waals surface area contributed by atoms with Crippen molar-refractivity contribution < 1.29 is 18.0 Å². The lowest BCUT2D eigenvalue weighted by molar-refractivity contribution is -0.137. The molecule has 0 aromatic heterocycles. The number of carbonyl (C=O) groups is 1. The van der Waals surface area contributed by atoms with Gasteiger partial charge in [0, 0.05) is 7.05 Å². The minimum Gasteiger partial charge on any atom is -0.369 e. The number of hydrogen-bond acceptors (Lipinski definition) is 3. The van der Waals surface area contributed by atoms with E-state index in [-0.39, 0.29) is 11.9 Å². The van der Waals surface area contributed by atoms with E-state index in [1.807, 2.05) is 0 Å². The molecule has 0 aliphatic carbocycles. The largest absolute Gasteiger partial charge is 0.416 e. The van der Waals surface area contributed by atoms with Gasteiger partial charge in [0.1, 0.15) is 0 Å². The number of amides is 1. The number of aliphatic imine (C=N–C) groups is 1. The van der Waals surface area contributed by atoms with Gasteiger partial charge in [0.05, 0.1) is 17.5 Å². The highest BCUT2D eigenvalue weighted by molar-refractivity contribution is 6.01. The van der Waals surface area contributed by atoms with Crippen molar-refractivity contribution in [1.82, 2.24) is 4.90 Å². The van der Waals surface area contributed by atoms with Crippen LogP contribution in [0.4, 0.5) is 13.2 Å². The van der Waals surface area contributed by atoms with Crippen LogP contribution < -0.4 is 5.73 Å². The molecule has 1 heterocycles. The number of benzene rings is 1. The lowest BCUT2D eigenvalue weighted by Gasteiger charge is -2.31. The Kier molecular flexibility index (Phi) is 3.45. The first-order chi connectivity index (χ1) is 9.21. The Labute approximate surface area is 114 Å². The summed E-state index contributed by atoms with van der Waals surface area (Å²) in [5.41, 5.74) is 5.34. The molecule has 0 saturated carbocycles. The summed E-state index contributed by atoms with van der Waals surface area (Å²) in [5.74, 6) is -0.773. The molecule has 2 rings (SSSR count). The molecule has 0 unspecified atom stereocenters. The second-order valence-corrected chi connectivity index (χ2v) is 4.72. The minimum absolute atomic E-state index is 0.116. The Morgan fingerprint density at radius 2 is 1.80 bits per heavy atom. The summed E-state index contributed by atoms with van der Waals surface area (Å²) < 4.78 is 37.5. The molecule has 20 heavy (non-hydrogen) atoms. The van der Waals surface area contributed by atoms with Crippen molar-refractivity contribution >= 4 is 11.9 Å². The van der Waals surface area contributed by atoms with Gasteiger partial charge in [-0.2, -0.15) is 13.2 Å². The lowest BCUT2D eigenvalue weighted by Crippen LogP contribution is -2.48. The molecule has 1 aliphatic heterocycles.